The zero-order valence-corrected chi connectivity index (χ0v) is 18.2. The van der Waals surface area contributed by atoms with E-state index in [1.165, 1.54) is 24.3 Å². The van der Waals surface area contributed by atoms with Crippen molar-refractivity contribution in [3.63, 3.8) is 0 Å². The van der Waals surface area contributed by atoms with Gasteiger partial charge < -0.3 is 30.6 Å². The molecule has 4 aromatic rings. The van der Waals surface area contributed by atoms with Gasteiger partial charge >= 0.3 is 12.0 Å². The minimum atomic E-state index is -3.80. The van der Waals surface area contributed by atoms with Crippen LogP contribution in [0.4, 0.5) is 17.6 Å². The van der Waals surface area contributed by atoms with Gasteiger partial charge in [-0.1, -0.05) is 0 Å². The highest BCUT2D eigenvalue weighted by Crippen LogP contribution is 2.26. The molecule has 176 valence electrons. The van der Waals surface area contributed by atoms with Crippen LogP contribution >= 0.6 is 0 Å². The number of nitrogens with one attached hydrogen (secondary N) is 2. The molecule has 0 saturated carbocycles. The summed E-state index contributed by atoms with van der Waals surface area (Å²) in [5, 5.41) is 17.5. The second-order valence-corrected chi connectivity index (χ2v) is 8.59. The summed E-state index contributed by atoms with van der Waals surface area (Å²) in [5.74, 6) is -0.614. The van der Waals surface area contributed by atoms with Gasteiger partial charge in [-0.2, -0.15) is 15.0 Å². The number of hydrogen-bond donors (Lipinski definition) is 5. The van der Waals surface area contributed by atoms with Crippen molar-refractivity contribution < 1.29 is 27.8 Å². The lowest BCUT2D eigenvalue weighted by Crippen LogP contribution is -2.12. The first kappa shape index (κ1) is 22.9. The molecular weight excluding hydrogens is 466 g/mol. The Labute approximate surface area is 192 Å². The summed E-state index contributed by atoms with van der Waals surface area (Å²) in [6.45, 7) is -0.272. The molecule has 0 saturated heterocycles. The molecule has 0 radical (unpaired) electrons. The molecule has 0 amide bonds. The SMILES string of the molecule is Nc1nc(Nc2ccc(S(N)(=O)=O)cc2)nc(Oc2ccc3[nH]c(COCC(=O)O)cc3c2)n1. The molecule has 2 aromatic carbocycles. The van der Waals surface area contributed by atoms with Gasteiger partial charge in [0.1, 0.15) is 12.4 Å². The quantitative estimate of drug-likeness (QED) is 0.230. The summed E-state index contributed by atoms with van der Waals surface area (Å²) in [6, 6.07) is 12.6. The normalized spacial score (nSPS) is 11.4. The Hall–Kier alpha value is -4.27. The molecule has 2 heterocycles. The number of ether oxygens (including phenoxy) is 2. The number of rotatable bonds is 9. The molecule has 0 atom stereocenters. The maximum Gasteiger partial charge on any atom is 0.329 e. The van der Waals surface area contributed by atoms with Crippen LogP contribution in [0.2, 0.25) is 0 Å². The van der Waals surface area contributed by atoms with Crippen molar-refractivity contribution in [1.82, 2.24) is 19.9 Å². The van der Waals surface area contributed by atoms with Crippen LogP contribution in [-0.4, -0.2) is 46.0 Å². The number of anilines is 3. The maximum atomic E-state index is 11.4. The molecule has 7 N–H and O–H groups in total. The zero-order chi connectivity index (χ0) is 24.3. The first-order chi connectivity index (χ1) is 16.2. The summed E-state index contributed by atoms with van der Waals surface area (Å²) in [4.78, 5) is 25.8. The lowest BCUT2D eigenvalue weighted by atomic mass is 10.2. The van der Waals surface area contributed by atoms with E-state index in [4.69, 9.17) is 25.5 Å². The predicted octanol–water partition coefficient (Wildman–Crippen LogP) is 1.72. The van der Waals surface area contributed by atoms with Crippen molar-refractivity contribution in [3.8, 4) is 11.8 Å². The number of primary sulfonamides is 1. The molecular formula is C20H19N7O6S. The molecule has 13 nitrogen and oxygen atoms in total. The van der Waals surface area contributed by atoms with Crippen LogP contribution in [-0.2, 0) is 26.2 Å². The van der Waals surface area contributed by atoms with Gasteiger partial charge in [0, 0.05) is 22.3 Å². The molecule has 2 aromatic heterocycles. The highest BCUT2D eigenvalue weighted by molar-refractivity contribution is 7.89. The second kappa shape index (κ2) is 9.30. The van der Waals surface area contributed by atoms with E-state index in [9.17, 15) is 13.2 Å². The number of H-pyrrole nitrogens is 1. The number of hydrogen-bond acceptors (Lipinski definition) is 10. The number of sulfonamides is 1. The van der Waals surface area contributed by atoms with Gasteiger partial charge in [-0.25, -0.2) is 18.4 Å². The van der Waals surface area contributed by atoms with Gasteiger partial charge in [-0.05, 0) is 48.5 Å². The topological polar surface area (TPSA) is 208 Å². The number of nitrogens with zero attached hydrogens (tertiary/aromatic N) is 3. The van der Waals surface area contributed by atoms with Crippen molar-refractivity contribution in [2.75, 3.05) is 17.7 Å². The van der Waals surface area contributed by atoms with E-state index in [0.717, 1.165) is 10.9 Å². The van der Waals surface area contributed by atoms with Crippen molar-refractivity contribution in [2.45, 2.75) is 11.5 Å². The van der Waals surface area contributed by atoms with E-state index in [0.29, 0.717) is 17.1 Å². The van der Waals surface area contributed by atoms with Gasteiger partial charge in [0.25, 0.3) is 0 Å². The van der Waals surface area contributed by atoms with Crippen LogP contribution in [0, 0.1) is 0 Å². The first-order valence-electron chi connectivity index (χ1n) is 9.66. The van der Waals surface area contributed by atoms with Crippen LogP contribution in [0.1, 0.15) is 5.69 Å². The third-order valence-electron chi connectivity index (χ3n) is 4.41. The van der Waals surface area contributed by atoms with E-state index < -0.39 is 22.6 Å². The number of carboxylic acids is 1. The predicted molar refractivity (Wildman–Crippen MR) is 121 cm³/mol. The second-order valence-electron chi connectivity index (χ2n) is 7.03. The fourth-order valence-electron chi connectivity index (χ4n) is 3.00. The van der Waals surface area contributed by atoms with Crippen LogP contribution in [0.25, 0.3) is 10.9 Å². The molecule has 0 bridgehead atoms. The number of aromatic nitrogens is 4. The Kier molecular flexibility index (Phi) is 6.27. The summed E-state index contributed by atoms with van der Waals surface area (Å²) in [6.07, 6.45) is 0. The lowest BCUT2D eigenvalue weighted by molar-refractivity contribution is -0.142. The van der Waals surface area contributed by atoms with Crippen LogP contribution in [0.15, 0.2) is 53.4 Å². The summed E-state index contributed by atoms with van der Waals surface area (Å²) >= 11 is 0. The molecule has 34 heavy (non-hydrogen) atoms. The highest BCUT2D eigenvalue weighted by Gasteiger charge is 2.11. The monoisotopic (exact) mass is 485 g/mol. The zero-order valence-electron chi connectivity index (χ0n) is 17.4. The van der Waals surface area contributed by atoms with Crippen LogP contribution in [0.3, 0.4) is 0 Å². The molecule has 0 aliphatic carbocycles. The van der Waals surface area contributed by atoms with Crippen molar-refractivity contribution in [3.05, 3.63) is 54.2 Å². The first-order valence-corrected chi connectivity index (χ1v) is 11.2. The van der Waals surface area contributed by atoms with Crippen molar-refractivity contribution in [2.24, 2.45) is 5.14 Å². The molecule has 0 unspecified atom stereocenters. The van der Waals surface area contributed by atoms with E-state index in [1.54, 1.807) is 18.2 Å². The number of aliphatic carboxylic acids is 1. The molecule has 0 aliphatic rings. The number of benzene rings is 2. The van der Waals surface area contributed by atoms with E-state index in [2.05, 4.69) is 25.3 Å². The fraction of sp³-hybridized carbons (Fsp3) is 0.100. The largest absolute Gasteiger partial charge is 0.480 e. The Morgan fingerprint density at radius 3 is 2.56 bits per heavy atom. The molecule has 14 heteroatoms. The number of fused-ring (bicyclic) bond motifs is 1. The van der Waals surface area contributed by atoms with Crippen LogP contribution in [0.5, 0.6) is 11.8 Å². The standard InChI is InChI=1S/C20H19N7O6S/c21-18-25-19(24-12-1-4-15(5-2-12)34(22,30)31)27-20(26-18)33-14-3-6-16-11(8-14)7-13(23-16)9-32-10-17(28)29/h1-8,23H,9-10H2,(H,28,29)(H2,22,30,31)(H3,21,24,25,26,27). The average molecular weight is 485 g/mol. The Balaban J connectivity index is 1.48. The minimum absolute atomic E-state index is 0.0333. The highest BCUT2D eigenvalue weighted by atomic mass is 32.2. The van der Waals surface area contributed by atoms with Gasteiger partial charge in [-0.15, -0.1) is 0 Å². The van der Waals surface area contributed by atoms with Gasteiger partial charge in [0.15, 0.2) is 0 Å². The number of nitrogens with two attached hydrogens (primary N) is 2. The van der Waals surface area contributed by atoms with Gasteiger partial charge in [0.05, 0.1) is 11.5 Å². The smallest absolute Gasteiger partial charge is 0.329 e. The Bertz CT molecular complexity index is 1450. The number of carboxylic acid groups (broad SMARTS) is 1. The molecule has 4 rings (SSSR count). The summed E-state index contributed by atoms with van der Waals surface area (Å²) < 4.78 is 33.6. The van der Waals surface area contributed by atoms with E-state index >= 15 is 0 Å². The fourth-order valence-corrected chi connectivity index (χ4v) is 3.51. The van der Waals surface area contributed by atoms with Crippen molar-refractivity contribution in [1.29, 1.82) is 0 Å². The maximum absolute atomic E-state index is 11.4. The number of aromatic amines is 1. The third-order valence-corrected chi connectivity index (χ3v) is 5.34. The van der Waals surface area contributed by atoms with E-state index in [-0.39, 0.29) is 29.4 Å². The van der Waals surface area contributed by atoms with E-state index in [1.807, 2.05) is 6.07 Å². The number of nitrogen functional groups attached to an aromatic ring is 1. The Morgan fingerprint density at radius 2 is 1.85 bits per heavy atom. The lowest BCUT2D eigenvalue weighted by Gasteiger charge is -2.08. The van der Waals surface area contributed by atoms with Crippen LogP contribution < -0.4 is 20.9 Å². The summed E-state index contributed by atoms with van der Waals surface area (Å²) in [5.41, 5.74) is 7.78. The molecule has 0 aliphatic heterocycles. The van der Waals surface area contributed by atoms with Gasteiger partial charge in [0.2, 0.25) is 21.9 Å². The average Bonchev–Trinajstić information content (AvgIpc) is 3.15. The summed E-state index contributed by atoms with van der Waals surface area (Å²) in [7, 11) is -3.80. The minimum Gasteiger partial charge on any atom is -0.480 e. The van der Waals surface area contributed by atoms with Gasteiger partial charge in [-0.3, -0.25) is 0 Å². The Morgan fingerprint density at radius 1 is 1.09 bits per heavy atom. The third kappa shape index (κ3) is 5.74. The number of carbonyl (C=O) groups is 1. The molecule has 0 fully saturated rings. The van der Waals surface area contributed by atoms with Crippen molar-refractivity contribution >= 4 is 44.5 Å². The molecule has 0 spiro atoms.